The molecule has 0 heterocycles. The van der Waals surface area contributed by atoms with Crippen molar-refractivity contribution in [3.8, 4) is 0 Å². The minimum atomic E-state index is 0.331. The summed E-state index contributed by atoms with van der Waals surface area (Å²) in [6, 6.07) is 8.94. The van der Waals surface area contributed by atoms with E-state index in [0.717, 1.165) is 19.4 Å². The monoisotopic (exact) mass is 206 g/mol. The van der Waals surface area contributed by atoms with Crippen molar-refractivity contribution in [3.63, 3.8) is 0 Å². The second-order valence-corrected chi connectivity index (χ2v) is 4.21. The number of aryl methyl sites for hydroxylation is 1. The van der Waals surface area contributed by atoms with Gasteiger partial charge >= 0.3 is 0 Å². The summed E-state index contributed by atoms with van der Waals surface area (Å²) < 4.78 is 0. The van der Waals surface area contributed by atoms with E-state index in [1.54, 1.807) is 0 Å². The van der Waals surface area contributed by atoms with Crippen molar-refractivity contribution in [2.24, 2.45) is 5.73 Å². The van der Waals surface area contributed by atoms with E-state index < -0.39 is 0 Å². The van der Waals surface area contributed by atoms with E-state index in [0.29, 0.717) is 6.04 Å². The molecule has 15 heavy (non-hydrogen) atoms. The van der Waals surface area contributed by atoms with Crippen molar-refractivity contribution >= 4 is 5.69 Å². The van der Waals surface area contributed by atoms with E-state index in [4.69, 9.17) is 5.73 Å². The Morgan fingerprint density at radius 2 is 1.87 bits per heavy atom. The lowest BCUT2D eigenvalue weighted by molar-refractivity contribution is 0.594. The van der Waals surface area contributed by atoms with Gasteiger partial charge in [0.1, 0.15) is 0 Å². The first kappa shape index (κ1) is 12.1. The Morgan fingerprint density at radius 3 is 2.40 bits per heavy atom. The molecule has 0 amide bonds. The summed E-state index contributed by atoms with van der Waals surface area (Å²) in [7, 11) is 2.12. The summed E-state index contributed by atoms with van der Waals surface area (Å²) >= 11 is 0. The quantitative estimate of drug-likeness (QED) is 0.802. The second-order valence-electron chi connectivity index (χ2n) is 4.21. The van der Waals surface area contributed by atoms with Crippen molar-refractivity contribution < 1.29 is 0 Å². The molecular weight excluding hydrogens is 184 g/mol. The highest BCUT2D eigenvalue weighted by atomic mass is 15.1. The fourth-order valence-electron chi connectivity index (χ4n) is 1.49. The first-order valence-electron chi connectivity index (χ1n) is 5.67. The minimum absolute atomic E-state index is 0.331. The van der Waals surface area contributed by atoms with Crippen LogP contribution in [0.5, 0.6) is 0 Å². The predicted octanol–water partition coefficient (Wildman–Crippen LogP) is 2.56. The molecule has 1 aromatic carbocycles. The Hall–Kier alpha value is -1.02. The molecule has 1 atom stereocenters. The van der Waals surface area contributed by atoms with E-state index in [1.165, 1.54) is 11.3 Å². The lowest BCUT2D eigenvalue weighted by Gasteiger charge is -2.21. The van der Waals surface area contributed by atoms with Gasteiger partial charge in [0.15, 0.2) is 0 Å². The molecule has 0 aromatic heterocycles. The first-order valence-corrected chi connectivity index (χ1v) is 5.67. The molecule has 1 aromatic rings. The standard InChI is InChI=1S/C13H22N2/c1-4-12(14)9-10-15(3)13-7-5-11(2)6-8-13/h5-8,12H,4,9-10,14H2,1-3H3. The van der Waals surface area contributed by atoms with Gasteiger partial charge in [-0.2, -0.15) is 0 Å². The maximum absolute atomic E-state index is 5.90. The lowest BCUT2D eigenvalue weighted by atomic mass is 10.1. The van der Waals surface area contributed by atoms with Crippen molar-refractivity contribution in [1.29, 1.82) is 0 Å². The van der Waals surface area contributed by atoms with Gasteiger partial charge in [-0.25, -0.2) is 0 Å². The minimum Gasteiger partial charge on any atom is -0.375 e. The topological polar surface area (TPSA) is 29.3 Å². The Bertz CT molecular complexity index is 279. The third kappa shape index (κ3) is 3.92. The number of hydrogen-bond acceptors (Lipinski definition) is 2. The molecule has 1 unspecified atom stereocenters. The van der Waals surface area contributed by atoms with E-state index >= 15 is 0 Å². The molecule has 0 aliphatic carbocycles. The van der Waals surface area contributed by atoms with Crippen LogP contribution in [0.3, 0.4) is 0 Å². The van der Waals surface area contributed by atoms with Crippen LogP contribution in [0.4, 0.5) is 5.69 Å². The molecule has 0 saturated carbocycles. The van der Waals surface area contributed by atoms with Gasteiger partial charge in [0, 0.05) is 25.3 Å². The van der Waals surface area contributed by atoms with Crippen molar-refractivity contribution in [2.75, 3.05) is 18.5 Å². The maximum atomic E-state index is 5.90. The van der Waals surface area contributed by atoms with E-state index in [9.17, 15) is 0 Å². The number of benzene rings is 1. The van der Waals surface area contributed by atoms with Crippen LogP contribution in [0.1, 0.15) is 25.3 Å². The number of nitrogens with zero attached hydrogens (tertiary/aromatic N) is 1. The van der Waals surface area contributed by atoms with Crippen molar-refractivity contribution in [3.05, 3.63) is 29.8 Å². The summed E-state index contributed by atoms with van der Waals surface area (Å²) in [4.78, 5) is 2.26. The average molecular weight is 206 g/mol. The molecule has 2 nitrogen and oxygen atoms in total. The van der Waals surface area contributed by atoms with Gasteiger partial charge in [-0.1, -0.05) is 24.6 Å². The molecule has 0 fully saturated rings. The van der Waals surface area contributed by atoms with Gasteiger partial charge in [0.25, 0.3) is 0 Å². The Labute approximate surface area is 93.1 Å². The van der Waals surface area contributed by atoms with Crippen LogP contribution in [0.15, 0.2) is 24.3 Å². The first-order chi connectivity index (χ1) is 7.13. The highest BCUT2D eigenvalue weighted by Gasteiger charge is 2.03. The third-order valence-electron chi connectivity index (χ3n) is 2.83. The maximum Gasteiger partial charge on any atom is 0.0363 e. The molecular formula is C13H22N2. The van der Waals surface area contributed by atoms with Crippen LogP contribution < -0.4 is 10.6 Å². The zero-order valence-corrected chi connectivity index (χ0v) is 10.0. The third-order valence-corrected chi connectivity index (χ3v) is 2.83. The highest BCUT2D eigenvalue weighted by molar-refractivity contribution is 5.46. The van der Waals surface area contributed by atoms with E-state index in [2.05, 4.69) is 50.1 Å². The molecule has 84 valence electrons. The smallest absolute Gasteiger partial charge is 0.0363 e. The normalized spacial score (nSPS) is 12.5. The number of nitrogens with two attached hydrogens (primary N) is 1. The largest absolute Gasteiger partial charge is 0.375 e. The van der Waals surface area contributed by atoms with Gasteiger partial charge in [-0.3, -0.25) is 0 Å². The molecule has 2 heteroatoms. The number of anilines is 1. The highest BCUT2D eigenvalue weighted by Crippen LogP contribution is 2.13. The fraction of sp³-hybridized carbons (Fsp3) is 0.538. The lowest BCUT2D eigenvalue weighted by Crippen LogP contribution is -2.27. The van der Waals surface area contributed by atoms with Crippen molar-refractivity contribution in [2.45, 2.75) is 32.7 Å². The SMILES string of the molecule is CCC(N)CCN(C)c1ccc(C)cc1. The Balaban J connectivity index is 2.46. The van der Waals surface area contributed by atoms with Gasteiger partial charge in [0.2, 0.25) is 0 Å². The van der Waals surface area contributed by atoms with Gasteiger partial charge in [-0.05, 0) is 31.9 Å². The van der Waals surface area contributed by atoms with Gasteiger partial charge in [0.05, 0.1) is 0 Å². The Morgan fingerprint density at radius 1 is 1.27 bits per heavy atom. The summed E-state index contributed by atoms with van der Waals surface area (Å²) in [6.07, 6.45) is 2.11. The van der Waals surface area contributed by atoms with Crippen molar-refractivity contribution in [1.82, 2.24) is 0 Å². The van der Waals surface area contributed by atoms with Crippen LogP contribution in [-0.2, 0) is 0 Å². The molecule has 0 spiro atoms. The molecule has 0 saturated heterocycles. The number of rotatable bonds is 5. The molecule has 0 radical (unpaired) electrons. The summed E-state index contributed by atoms with van der Waals surface area (Å²) in [5.74, 6) is 0. The molecule has 2 N–H and O–H groups in total. The molecule has 0 bridgehead atoms. The van der Waals surface area contributed by atoms with Gasteiger partial charge in [-0.15, -0.1) is 0 Å². The van der Waals surface area contributed by atoms with Crippen LogP contribution in [0.25, 0.3) is 0 Å². The van der Waals surface area contributed by atoms with Gasteiger partial charge < -0.3 is 10.6 Å². The zero-order chi connectivity index (χ0) is 11.3. The second kappa shape index (κ2) is 5.76. The van der Waals surface area contributed by atoms with Crippen LogP contribution in [0.2, 0.25) is 0 Å². The van der Waals surface area contributed by atoms with Crippen LogP contribution >= 0.6 is 0 Å². The average Bonchev–Trinajstić information content (AvgIpc) is 2.26. The molecule has 1 rings (SSSR count). The zero-order valence-electron chi connectivity index (χ0n) is 10.0. The summed E-state index contributed by atoms with van der Waals surface area (Å²) in [5.41, 5.74) is 8.47. The summed E-state index contributed by atoms with van der Waals surface area (Å²) in [6.45, 7) is 5.27. The Kier molecular flexibility index (Phi) is 4.63. The number of hydrogen-bond donors (Lipinski definition) is 1. The predicted molar refractivity (Wildman–Crippen MR) is 67.3 cm³/mol. The molecule has 0 aliphatic rings. The van der Waals surface area contributed by atoms with Crippen LogP contribution in [-0.4, -0.2) is 19.6 Å². The molecule has 0 aliphatic heterocycles. The van der Waals surface area contributed by atoms with E-state index in [-0.39, 0.29) is 0 Å². The fourth-order valence-corrected chi connectivity index (χ4v) is 1.49. The van der Waals surface area contributed by atoms with Crippen LogP contribution in [0, 0.1) is 6.92 Å². The summed E-state index contributed by atoms with van der Waals surface area (Å²) in [5, 5.41) is 0. The van der Waals surface area contributed by atoms with E-state index in [1.807, 2.05) is 0 Å².